The number of benzene rings is 1. The lowest BCUT2D eigenvalue weighted by atomic mass is 10.2. The first-order chi connectivity index (χ1) is 9.52. The third kappa shape index (κ3) is 5.90. The topological polar surface area (TPSA) is 76.7 Å². The number of nitrogens with one attached hydrogen (secondary N) is 2. The zero-order valence-electron chi connectivity index (χ0n) is 11.4. The van der Waals surface area contributed by atoms with Crippen molar-refractivity contribution in [3.05, 3.63) is 28.8 Å². The highest BCUT2D eigenvalue weighted by Crippen LogP contribution is 2.21. The standard InChI is InChI=1S/C13H17ClN2O4/c1-3-19-7-12(17)15-16-13(18)8-20-11-5-4-10(14)6-9(11)2/h4-6H,3,7-8H2,1-2H3,(H,15,17)(H,16,18). The van der Waals surface area contributed by atoms with Crippen LogP contribution in [0.3, 0.4) is 0 Å². The largest absolute Gasteiger partial charge is 0.483 e. The Kier molecular flexibility index (Phi) is 6.83. The molecule has 0 aliphatic rings. The molecular formula is C13H17ClN2O4. The van der Waals surface area contributed by atoms with E-state index in [0.717, 1.165) is 5.56 Å². The van der Waals surface area contributed by atoms with Crippen LogP contribution < -0.4 is 15.6 Å². The second kappa shape index (κ2) is 8.39. The van der Waals surface area contributed by atoms with Gasteiger partial charge in [-0.3, -0.25) is 20.4 Å². The van der Waals surface area contributed by atoms with Gasteiger partial charge in [-0.05, 0) is 37.6 Å². The molecule has 1 aromatic rings. The third-order valence-electron chi connectivity index (χ3n) is 2.27. The molecule has 0 aromatic heterocycles. The minimum Gasteiger partial charge on any atom is -0.483 e. The Morgan fingerprint density at radius 2 is 1.85 bits per heavy atom. The Bertz CT molecular complexity index is 479. The van der Waals surface area contributed by atoms with Crippen molar-refractivity contribution >= 4 is 23.4 Å². The van der Waals surface area contributed by atoms with E-state index in [1.54, 1.807) is 25.1 Å². The maximum Gasteiger partial charge on any atom is 0.276 e. The molecule has 20 heavy (non-hydrogen) atoms. The van der Waals surface area contributed by atoms with Gasteiger partial charge in [0, 0.05) is 11.6 Å². The molecule has 110 valence electrons. The number of halogens is 1. The van der Waals surface area contributed by atoms with E-state index in [4.69, 9.17) is 21.1 Å². The highest BCUT2D eigenvalue weighted by molar-refractivity contribution is 6.30. The van der Waals surface area contributed by atoms with Gasteiger partial charge in [-0.25, -0.2) is 0 Å². The number of hydrogen-bond donors (Lipinski definition) is 2. The molecule has 7 heteroatoms. The van der Waals surface area contributed by atoms with E-state index in [1.165, 1.54) is 0 Å². The van der Waals surface area contributed by atoms with Crippen molar-refractivity contribution in [3.63, 3.8) is 0 Å². The van der Waals surface area contributed by atoms with Gasteiger partial charge in [0.2, 0.25) is 0 Å². The molecule has 2 amide bonds. The Balaban J connectivity index is 2.31. The normalized spacial score (nSPS) is 9.95. The first-order valence-corrected chi connectivity index (χ1v) is 6.45. The smallest absolute Gasteiger partial charge is 0.276 e. The summed E-state index contributed by atoms with van der Waals surface area (Å²) in [5.41, 5.74) is 5.26. The fourth-order valence-corrected chi connectivity index (χ4v) is 1.55. The Labute approximate surface area is 122 Å². The zero-order valence-corrected chi connectivity index (χ0v) is 12.1. The van der Waals surface area contributed by atoms with Crippen molar-refractivity contribution in [3.8, 4) is 5.75 Å². The summed E-state index contributed by atoms with van der Waals surface area (Å²) in [6, 6.07) is 5.09. The zero-order chi connectivity index (χ0) is 15.0. The maximum atomic E-state index is 11.5. The Morgan fingerprint density at radius 3 is 2.45 bits per heavy atom. The van der Waals surface area contributed by atoms with Crippen LogP contribution in [0.2, 0.25) is 5.02 Å². The third-order valence-corrected chi connectivity index (χ3v) is 2.51. The van der Waals surface area contributed by atoms with Crippen LogP contribution >= 0.6 is 11.6 Å². The minimum atomic E-state index is -0.468. The van der Waals surface area contributed by atoms with E-state index < -0.39 is 11.8 Å². The molecule has 1 rings (SSSR count). The quantitative estimate of drug-likeness (QED) is 0.774. The summed E-state index contributed by atoms with van der Waals surface area (Å²) in [7, 11) is 0. The number of hydrogen-bond acceptors (Lipinski definition) is 4. The predicted octanol–water partition coefficient (Wildman–Crippen LogP) is 1.21. The molecule has 0 bridgehead atoms. The molecule has 0 heterocycles. The number of aryl methyl sites for hydroxylation is 1. The van der Waals surface area contributed by atoms with Gasteiger partial charge in [-0.2, -0.15) is 0 Å². The Hall–Kier alpha value is -1.79. The lowest BCUT2D eigenvalue weighted by molar-refractivity contribution is -0.132. The van der Waals surface area contributed by atoms with Crippen LogP contribution in [0, 0.1) is 6.92 Å². The van der Waals surface area contributed by atoms with Crippen LogP contribution in [0.4, 0.5) is 0 Å². The van der Waals surface area contributed by atoms with Crippen LogP contribution in [0.5, 0.6) is 5.75 Å². The van der Waals surface area contributed by atoms with Gasteiger partial charge in [0.1, 0.15) is 12.4 Å². The molecule has 0 atom stereocenters. The maximum absolute atomic E-state index is 11.5. The number of ether oxygens (including phenoxy) is 2. The SMILES string of the molecule is CCOCC(=O)NNC(=O)COc1ccc(Cl)cc1C. The van der Waals surface area contributed by atoms with Crippen molar-refractivity contribution < 1.29 is 19.1 Å². The van der Waals surface area contributed by atoms with E-state index in [1.807, 2.05) is 6.92 Å². The second-order valence-corrected chi connectivity index (χ2v) is 4.37. The van der Waals surface area contributed by atoms with Crippen LogP contribution in [-0.4, -0.2) is 31.6 Å². The molecule has 0 saturated heterocycles. The molecule has 1 aromatic carbocycles. The summed E-state index contributed by atoms with van der Waals surface area (Å²) in [4.78, 5) is 22.6. The van der Waals surface area contributed by atoms with E-state index in [-0.39, 0.29) is 13.2 Å². The van der Waals surface area contributed by atoms with Crippen molar-refractivity contribution in [2.24, 2.45) is 0 Å². The first kappa shape index (κ1) is 16.3. The molecule has 0 unspecified atom stereocenters. The van der Waals surface area contributed by atoms with E-state index in [0.29, 0.717) is 17.4 Å². The lowest BCUT2D eigenvalue weighted by Gasteiger charge is -2.10. The lowest BCUT2D eigenvalue weighted by Crippen LogP contribution is -2.45. The average molecular weight is 301 g/mol. The van der Waals surface area contributed by atoms with Gasteiger partial charge in [0.15, 0.2) is 6.61 Å². The summed E-state index contributed by atoms with van der Waals surface area (Å²) in [6.07, 6.45) is 0. The summed E-state index contributed by atoms with van der Waals surface area (Å²) in [5.74, 6) is -0.336. The molecule has 6 nitrogen and oxygen atoms in total. The monoisotopic (exact) mass is 300 g/mol. The second-order valence-electron chi connectivity index (χ2n) is 3.93. The van der Waals surface area contributed by atoms with E-state index in [9.17, 15) is 9.59 Å². The van der Waals surface area contributed by atoms with Crippen molar-refractivity contribution in [2.75, 3.05) is 19.8 Å². The van der Waals surface area contributed by atoms with Gasteiger partial charge in [0.05, 0.1) is 0 Å². The van der Waals surface area contributed by atoms with Crippen LogP contribution in [-0.2, 0) is 14.3 Å². The summed E-state index contributed by atoms with van der Waals surface area (Å²) < 4.78 is 10.2. The molecule has 0 aliphatic carbocycles. The van der Waals surface area contributed by atoms with Gasteiger partial charge in [-0.1, -0.05) is 11.6 Å². The number of hydrazine groups is 1. The fraction of sp³-hybridized carbons (Fsp3) is 0.385. The van der Waals surface area contributed by atoms with Crippen LogP contribution in [0.25, 0.3) is 0 Å². The molecule has 0 aliphatic heterocycles. The van der Waals surface area contributed by atoms with Crippen molar-refractivity contribution in [1.82, 2.24) is 10.9 Å². The fourth-order valence-electron chi connectivity index (χ4n) is 1.32. The average Bonchev–Trinajstić information content (AvgIpc) is 2.41. The summed E-state index contributed by atoms with van der Waals surface area (Å²) in [6.45, 7) is 3.71. The predicted molar refractivity (Wildman–Crippen MR) is 74.5 cm³/mol. The summed E-state index contributed by atoms with van der Waals surface area (Å²) in [5, 5.41) is 0.600. The molecule has 0 fully saturated rings. The van der Waals surface area contributed by atoms with Gasteiger partial charge in [-0.15, -0.1) is 0 Å². The van der Waals surface area contributed by atoms with Crippen LogP contribution in [0.1, 0.15) is 12.5 Å². The van der Waals surface area contributed by atoms with Gasteiger partial charge in [0.25, 0.3) is 11.8 Å². The number of amides is 2. The summed E-state index contributed by atoms with van der Waals surface area (Å²) >= 11 is 5.81. The Morgan fingerprint density at radius 1 is 1.20 bits per heavy atom. The van der Waals surface area contributed by atoms with Gasteiger partial charge >= 0.3 is 0 Å². The molecule has 0 spiro atoms. The number of rotatable bonds is 6. The van der Waals surface area contributed by atoms with E-state index >= 15 is 0 Å². The number of carbonyl (C=O) groups excluding carboxylic acids is 2. The van der Waals surface area contributed by atoms with Crippen LogP contribution in [0.15, 0.2) is 18.2 Å². The highest BCUT2D eigenvalue weighted by atomic mass is 35.5. The van der Waals surface area contributed by atoms with Gasteiger partial charge < -0.3 is 9.47 Å². The minimum absolute atomic E-state index is 0.103. The van der Waals surface area contributed by atoms with E-state index in [2.05, 4.69) is 10.9 Å². The molecular weight excluding hydrogens is 284 g/mol. The van der Waals surface area contributed by atoms with Crippen molar-refractivity contribution in [2.45, 2.75) is 13.8 Å². The van der Waals surface area contributed by atoms with Crippen molar-refractivity contribution in [1.29, 1.82) is 0 Å². The molecule has 0 radical (unpaired) electrons. The number of carbonyl (C=O) groups is 2. The highest BCUT2D eigenvalue weighted by Gasteiger charge is 2.07. The molecule has 0 saturated carbocycles. The first-order valence-electron chi connectivity index (χ1n) is 6.07. The molecule has 2 N–H and O–H groups in total.